The molecule has 5 rings (SSSR count). The van der Waals surface area contributed by atoms with Crippen LogP contribution in [0.4, 0.5) is 9.59 Å². The van der Waals surface area contributed by atoms with Crippen LogP contribution in [0.2, 0.25) is 0 Å². The van der Waals surface area contributed by atoms with Gasteiger partial charge in [-0.1, -0.05) is 55.8 Å². The highest BCUT2D eigenvalue weighted by Crippen LogP contribution is 2.45. The Morgan fingerprint density at radius 3 is 2.48 bits per heavy atom. The van der Waals surface area contributed by atoms with Crippen molar-refractivity contribution in [2.45, 2.75) is 108 Å². The summed E-state index contributed by atoms with van der Waals surface area (Å²) < 4.78 is 11.5. The lowest BCUT2D eigenvalue weighted by Crippen LogP contribution is -2.54. The van der Waals surface area contributed by atoms with Crippen LogP contribution in [0.15, 0.2) is 48.7 Å². The van der Waals surface area contributed by atoms with Gasteiger partial charge in [-0.25, -0.2) is 9.59 Å². The molecule has 4 amide bonds. The summed E-state index contributed by atoms with van der Waals surface area (Å²) >= 11 is 0. The van der Waals surface area contributed by atoms with Gasteiger partial charge in [0.15, 0.2) is 0 Å². The largest absolute Gasteiger partial charge is 0.444 e. The van der Waals surface area contributed by atoms with Crippen LogP contribution in [-0.4, -0.2) is 69.7 Å². The first kappa shape index (κ1) is 31.4. The first-order valence-corrected chi connectivity index (χ1v) is 15.6. The van der Waals surface area contributed by atoms with Crippen LogP contribution in [-0.2, 0) is 32.2 Å². The molecule has 3 heterocycles. The molecule has 4 aliphatic rings. The van der Waals surface area contributed by atoms with Crippen molar-refractivity contribution in [2.24, 2.45) is 11.7 Å². The van der Waals surface area contributed by atoms with Crippen LogP contribution < -0.4 is 16.4 Å². The van der Waals surface area contributed by atoms with E-state index in [-0.39, 0.29) is 24.8 Å². The van der Waals surface area contributed by atoms with Crippen molar-refractivity contribution in [3.8, 4) is 0 Å². The molecule has 44 heavy (non-hydrogen) atoms. The fraction of sp³-hybridized carbons (Fsp3) is 0.576. The van der Waals surface area contributed by atoms with Crippen LogP contribution in [0.1, 0.15) is 76.8 Å². The second-order valence-electron chi connectivity index (χ2n) is 13.4. The molecular formula is C33H45N5O6. The van der Waals surface area contributed by atoms with Gasteiger partial charge in [0.2, 0.25) is 11.8 Å². The summed E-state index contributed by atoms with van der Waals surface area (Å²) in [6.07, 6.45) is 7.14. The maximum atomic E-state index is 13.9. The van der Waals surface area contributed by atoms with E-state index in [1.54, 1.807) is 30.6 Å². The van der Waals surface area contributed by atoms with Crippen LogP contribution in [0.25, 0.3) is 0 Å². The highest BCUT2D eigenvalue weighted by atomic mass is 16.6. The molecule has 11 heteroatoms. The summed E-state index contributed by atoms with van der Waals surface area (Å²) in [4.78, 5) is 56.0. The lowest BCUT2D eigenvalue weighted by Gasteiger charge is -2.34. The van der Waals surface area contributed by atoms with Crippen LogP contribution in [0.5, 0.6) is 0 Å². The van der Waals surface area contributed by atoms with Gasteiger partial charge >= 0.3 is 12.2 Å². The minimum Gasteiger partial charge on any atom is -0.444 e. The van der Waals surface area contributed by atoms with Gasteiger partial charge in [0.1, 0.15) is 23.3 Å². The Bertz CT molecular complexity index is 1310. The molecule has 1 saturated heterocycles. The molecule has 2 fully saturated rings. The first-order chi connectivity index (χ1) is 20.9. The molecule has 0 aromatic heterocycles. The van der Waals surface area contributed by atoms with Crippen molar-refractivity contribution in [3.05, 3.63) is 59.8 Å². The Morgan fingerprint density at radius 2 is 1.82 bits per heavy atom. The first-order valence-electron chi connectivity index (χ1n) is 15.6. The summed E-state index contributed by atoms with van der Waals surface area (Å²) in [6.45, 7) is 10.8. The van der Waals surface area contributed by atoms with Gasteiger partial charge in [0.25, 0.3) is 0 Å². The van der Waals surface area contributed by atoms with E-state index < -0.39 is 47.4 Å². The zero-order valence-corrected chi connectivity index (χ0v) is 26.0. The number of amides is 4. The standard InChI is InChI=1S/C33H45N5O6/c1-21-26(35-30(41)44-32(2,3)4)15-9-7-5-6-8-14-24-17-33(24,29(34)40)36-28(39)27-16-25(20-38(21)27)43-31(42)37-18-22-12-10-11-13-23(22)19-37/h8,10-14,24-27H,1,5-7,9,15-20H2,2-4H3,(H2,34,40)(H,35,41)(H,36,39)/b14-8-/t24-,25-,26+,27+,33-/m1/s1. The molecule has 1 aromatic carbocycles. The number of hydrogen-bond acceptors (Lipinski definition) is 7. The number of rotatable bonds is 3. The van der Waals surface area contributed by atoms with E-state index in [0.29, 0.717) is 31.6 Å². The second kappa shape index (κ2) is 12.5. The lowest BCUT2D eigenvalue weighted by molar-refractivity contribution is -0.131. The second-order valence-corrected chi connectivity index (χ2v) is 13.4. The normalized spacial score (nSPS) is 29.6. The average molecular weight is 608 g/mol. The van der Waals surface area contributed by atoms with Gasteiger partial charge in [0, 0.05) is 31.1 Å². The minimum absolute atomic E-state index is 0.167. The highest BCUT2D eigenvalue weighted by Gasteiger charge is 2.60. The number of carbonyl (C=O) groups excluding carboxylic acids is 4. The third-order valence-corrected chi connectivity index (χ3v) is 8.93. The lowest BCUT2D eigenvalue weighted by atomic mass is 10.0. The van der Waals surface area contributed by atoms with E-state index in [0.717, 1.165) is 36.8 Å². The van der Waals surface area contributed by atoms with Gasteiger partial charge in [0.05, 0.1) is 12.6 Å². The zero-order chi connectivity index (χ0) is 31.6. The van der Waals surface area contributed by atoms with Gasteiger partial charge in [-0.05, 0) is 57.6 Å². The Balaban J connectivity index is 1.37. The maximum Gasteiger partial charge on any atom is 0.410 e. The molecule has 0 radical (unpaired) electrons. The average Bonchev–Trinajstić information content (AvgIpc) is 3.27. The SMILES string of the molecule is C=C1[C@@H](NC(=O)OC(C)(C)C)CCCCC/C=C\[C@@H]2C[C@@]2(C(N)=O)NC(=O)[C@@H]2C[C@@H](OC(=O)N3Cc4ccccc4C3)CN12. The summed E-state index contributed by atoms with van der Waals surface area (Å²) in [7, 11) is 0. The summed E-state index contributed by atoms with van der Waals surface area (Å²) in [5.41, 5.74) is 6.65. The fourth-order valence-electron chi connectivity index (χ4n) is 6.46. The predicted molar refractivity (Wildman–Crippen MR) is 164 cm³/mol. The molecular weight excluding hydrogens is 562 g/mol. The molecule has 4 N–H and O–H groups in total. The van der Waals surface area contributed by atoms with Gasteiger partial charge in [-0.15, -0.1) is 0 Å². The maximum absolute atomic E-state index is 13.9. The van der Waals surface area contributed by atoms with Gasteiger partial charge in [-0.2, -0.15) is 0 Å². The van der Waals surface area contributed by atoms with Crippen molar-refractivity contribution in [1.82, 2.24) is 20.4 Å². The topological polar surface area (TPSA) is 143 Å². The third-order valence-electron chi connectivity index (χ3n) is 8.93. The summed E-state index contributed by atoms with van der Waals surface area (Å²) in [5, 5.41) is 5.91. The molecule has 1 saturated carbocycles. The zero-order valence-electron chi connectivity index (χ0n) is 26.0. The minimum atomic E-state index is -1.15. The van der Waals surface area contributed by atoms with Gasteiger partial charge < -0.3 is 30.7 Å². The Hall–Kier alpha value is -4.02. The Labute approximate surface area is 259 Å². The number of allylic oxidation sites excluding steroid dienone is 1. The van der Waals surface area contributed by atoms with E-state index in [1.165, 1.54) is 0 Å². The monoisotopic (exact) mass is 607 g/mol. The number of carbonyl (C=O) groups is 4. The summed E-state index contributed by atoms with van der Waals surface area (Å²) in [6, 6.07) is 6.58. The fourth-order valence-corrected chi connectivity index (χ4v) is 6.46. The predicted octanol–water partition coefficient (Wildman–Crippen LogP) is 3.87. The number of nitrogens with one attached hydrogen (secondary N) is 2. The van der Waals surface area contributed by atoms with Crippen molar-refractivity contribution >= 4 is 24.0 Å². The third kappa shape index (κ3) is 7.03. The quantitative estimate of drug-likeness (QED) is 0.443. The number of fused-ring (bicyclic) bond motifs is 3. The number of nitrogens with zero attached hydrogens (tertiary/aromatic N) is 2. The van der Waals surface area contributed by atoms with Crippen molar-refractivity contribution in [2.75, 3.05) is 6.54 Å². The molecule has 5 atom stereocenters. The molecule has 0 spiro atoms. The molecule has 1 aromatic rings. The number of primary amides is 1. The van der Waals surface area contributed by atoms with Crippen LogP contribution in [0.3, 0.4) is 0 Å². The molecule has 0 bridgehead atoms. The number of ether oxygens (including phenoxy) is 2. The Kier molecular flexibility index (Phi) is 8.95. The van der Waals surface area contributed by atoms with Crippen molar-refractivity contribution in [1.29, 1.82) is 0 Å². The van der Waals surface area contributed by atoms with Crippen molar-refractivity contribution < 1.29 is 28.7 Å². The molecule has 11 nitrogen and oxygen atoms in total. The van der Waals surface area contributed by atoms with Crippen LogP contribution >= 0.6 is 0 Å². The Morgan fingerprint density at radius 1 is 1.11 bits per heavy atom. The van der Waals surface area contributed by atoms with Gasteiger partial charge in [-0.3, -0.25) is 14.5 Å². The van der Waals surface area contributed by atoms with E-state index >= 15 is 0 Å². The number of nitrogens with two attached hydrogens (primary N) is 1. The molecule has 0 unspecified atom stereocenters. The number of hydrogen-bond donors (Lipinski definition) is 3. The van der Waals surface area contributed by atoms with E-state index in [9.17, 15) is 19.2 Å². The van der Waals surface area contributed by atoms with E-state index in [2.05, 4.69) is 17.2 Å². The molecule has 238 valence electrons. The van der Waals surface area contributed by atoms with E-state index in [4.69, 9.17) is 15.2 Å². The molecule has 1 aliphatic carbocycles. The van der Waals surface area contributed by atoms with Crippen molar-refractivity contribution in [3.63, 3.8) is 0 Å². The van der Waals surface area contributed by atoms with E-state index in [1.807, 2.05) is 36.4 Å². The number of alkyl carbamates (subject to hydrolysis) is 1. The van der Waals surface area contributed by atoms with Crippen LogP contribution in [0, 0.1) is 5.92 Å². The molecule has 3 aliphatic heterocycles. The smallest absolute Gasteiger partial charge is 0.410 e. The highest BCUT2D eigenvalue weighted by molar-refractivity contribution is 5.95. The summed E-state index contributed by atoms with van der Waals surface area (Å²) in [5.74, 6) is -1.13. The number of benzene rings is 1.